The fourth-order valence-electron chi connectivity index (χ4n) is 2.44. The van der Waals surface area contributed by atoms with Crippen LogP contribution in [0.1, 0.15) is 24.1 Å². The molecule has 0 aliphatic heterocycles. The third-order valence-corrected chi connectivity index (χ3v) is 6.23. The Kier molecular flexibility index (Phi) is 7.38. The highest BCUT2D eigenvalue weighted by atomic mass is 35.5. The fourth-order valence-corrected chi connectivity index (χ4v) is 4.33. The molecular weight excluding hydrogens is 380 g/mol. The van der Waals surface area contributed by atoms with Crippen LogP contribution in [0.4, 0.5) is 0 Å². The number of hydrogen-bond donors (Lipinski definition) is 3. The molecule has 0 aromatic heterocycles. The van der Waals surface area contributed by atoms with Crippen LogP contribution < -0.4 is 5.32 Å². The Bertz CT molecular complexity index is 726. The summed E-state index contributed by atoms with van der Waals surface area (Å²) in [5.41, 5.74) is 1.71. The first-order valence-corrected chi connectivity index (χ1v) is 10.7. The van der Waals surface area contributed by atoms with Gasteiger partial charge in [-0.2, -0.15) is 0 Å². The number of carbonyl (C=O) groups excluding carboxylic acids is 1. The number of nitrogens with one attached hydrogen (secondary N) is 1. The van der Waals surface area contributed by atoms with Gasteiger partial charge < -0.3 is 5.32 Å². The molecule has 3 N–H and O–H groups in total. The van der Waals surface area contributed by atoms with Crippen molar-refractivity contribution in [2.45, 2.75) is 19.1 Å². The molecule has 2 aromatic carbocycles. The predicted molar refractivity (Wildman–Crippen MR) is 104 cm³/mol. The number of ketones is 1. The highest BCUT2D eigenvalue weighted by Crippen LogP contribution is 2.52. The molecule has 25 heavy (non-hydrogen) atoms. The summed E-state index contributed by atoms with van der Waals surface area (Å²) in [6.45, 7) is 1.95. The van der Waals surface area contributed by atoms with Gasteiger partial charge in [0.15, 0.2) is 11.9 Å². The van der Waals surface area contributed by atoms with Gasteiger partial charge in [-0.05, 0) is 30.2 Å². The first-order chi connectivity index (χ1) is 11.8. The molecule has 1 unspecified atom stereocenters. The Morgan fingerprint density at radius 1 is 1.12 bits per heavy atom. The van der Waals surface area contributed by atoms with Crippen LogP contribution in [0.25, 0.3) is 0 Å². The van der Waals surface area contributed by atoms with Crippen molar-refractivity contribution < 1.29 is 14.6 Å². The summed E-state index contributed by atoms with van der Waals surface area (Å²) in [7, 11) is -3.29. The molecule has 4 nitrogen and oxygen atoms in total. The van der Waals surface area contributed by atoms with E-state index in [4.69, 9.17) is 23.2 Å². The van der Waals surface area contributed by atoms with Gasteiger partial charge in [-0.15, -0.1) is 0 Å². The van der Waals surface area contributed by atoms with E-state index in [-0.39, 0.29) is 30.7 Å². The molecule has 2 rings (SSSR count). The lowest BCUT2D eigenvalue weighted by Gasteiger charge is -2.16. The van der Waals surface area contributed by atoms with Crippen LogP contribution in [0.3, 0.4) is 0 Å². The van der Waals surface area contributed by atoms with Crippen LogP contribution in [-0.2, 0) is 11.0 Å². The Morgan fingerprint density at radius 2 is 1.80 bits per heavy atom. The summed E-state index contributed by atoms with van der Waals surface area (Å²) >= 11 is 11.9. The second-order valence-corrected chi connectivity index (χ2v) is 9.20. The third kappa shape index (κ3) is 6.67. The molecule has 0 amide bonds. The number of Topliss-reactive ketones (excluding diaryl/α,β-unsaturated/α-hetero) is 1. The molecule has 0 spiro atoms. The molecule has 7 heteroatoms. The molecular formula is C18H21Cl2NO3P+. The van der Waals surface area contributed by atoms with Crippen molar-refractivity contribution in [1.29, 1.82) is 0 Å². The second kappa shape index (κ2) is 9.09. The van der Waals surface area contributed by atoms with Crippen LogP contribution in [0.15, 0.2) is 48.5 Å². The maximum Gasteiger partial charge on any atom is 0.279 e. The van der Waals surface area contributed by atoms with E-state index in [9.17, 15) is 14.6 Å². The quantitative estimate of drug-likeness (QED) is 0.579. The lowest BCUT2D eigenvalue weighted by atomic mass is 10.1. The van der Waals surface area contributed by atoms with Crippen molar-refractivity contribution in [3.8, 4) is 0 Å². The van der Waals surface area contributed by atoms with E-state index >= 15 is 0 Å². The highest BCUT2D eigenvalue weighted by molar-refractivity contribution is 7.64. The summed E-state index contributed by atoms with van der Waals surface area (Å²) in [6, 6.07) is 14.3. The van der Waals surface area contributed by atoms with Crippen LogP contribution in [0.5, 0.6) is 0 Å². The standard InChI is InChI=1S/C18H21Cl2NO3P/c1-13(15-7-8-17(19)18(20)9-15)21-10-16(22)12-25(23,24)11-14-5-3-2-4-6-14/h2-9,13,21,23-24H,10-12H2,1H3/q+1. The normalized spacial score (nSPS) is 12.8. The van der Waals surface area contributed by atoms with E-state index < -0.39 is 7.72 Å². The Balaban J connectivity index is 1.85. The van der Waals surface area contributed by atoms with Gasteiger partial charge in [0.2, 0.25) is 0 Å². The molecule has 0 bridgehead atoms. The van der Waals surface area contributed by atoms with E-state index in [0.29, 0.717) is 10.0 Å². The minimum Gasteiger partial charge on any atom is -0.303 e. The zero-order valence-corrected chi connectivity index (χ0v) is 16.2. The summed E-state index contributed by atoms with van der Waals surface area (Å²) in [5, 5.41) is 4.01. The van der Waals surface area contributed by atoms with E-state index in [1.54, 1.807) is 12.1 Å². The van der Waals surface area contributed by atoms with E-state index in [2.05, 4.69) is 5.32 Å². The lowest BCUT2D eigenvalue weighted by molar-refractivity contribution is -0.116. The number of halogens is 2. The van der Waals surface area contributed by atoms with Gasteiger partial charge in [-0.1, -0.05) is 59.6 Å². The number of hydrogen-bond acceptors (Lipinski definition) is 4. The van der Waals surface area contributed by atoms with Crippen molar-refractivity contribution in [3.63, 3.8) is 0 Å². The summed E-state index contributed by atoms with van der Waals surface area (Å²) < 4.78 is 0. The van der Waals surface area contributed by atoms with Crippen LogP contribution >= 0.6 is 30.9 Å². The van der Waals surface area contributed by atoms with Crippen molar-refractivity contribution >= 4 is 36.7 Å². The summed E-state index contributed by atoms with van der Waals surface area (Å²) in [5.74, 6) is -0.235. The number of benzene rings is 2. The van der Waals surface area contributed by atoms with E-state index in [1.807, 2.05) is 43.3 Å². The zero-order valence-electron chi connectivity index (χ0n) is 13.8. The molecule has 134 valence electrons. The summed E-state index contributed by atoms with van der Waals surface area (Å²) in [6.07, 6.45) is -0.120. The maximum atomic E-state index is 12.1. The van der Waals surface area contributed by atoms with Gasteiger partial charge in [0.25, 0.3) is 7.72 Å². The van der Waals surface area contributed by atoms with Gasteiger partial charge >= 0.3 is 0 Å². The number of carbonyl (C=O) groups is 1. The molecule has 0 saturated carbocycles. The van der Waals surface area contributed by atoms with Crippen molar-refractivity contribution in [3.05, 3.63) is 69.7 Å². The van der Waals surface area contributed by atoms with Crippen molar-refractivity contribution in [2.24, 2.45) is 0 Å². The lowest BCUT2D eigenvalue weighted by Crippen LogP contribution is -2.28. The van der Waals surface area contributed by atoms with Crippen LogP contribution in [0, 0.1) is 0 Å². The van der Waals surface area contributed by atoms with Crippen LogP contribution in [-0.4, -0.2) is 28.3 Å². The van der Waals surface area contributed by atoms with E-state index in [0.717, 1.165) is 11.1 Å². The molecule has 0 saturated heterocycles. The SMILES string of the molecule is CC(NCC(=O)C[P+](O)(O)Cc1ccccc1)c1ccc(Cl)c(Cl)c1. The first-order valence-electron chi connectivity index (χ1n) is 7.83. The van der Waals surface area contributed by atoms with Gasteiger partial charge in [0, 0.05) is 6.04 Å². The fraction of sp³-hybridized carbons (Fsp3) is 0.278. The predicted octanol–water partition coefficient (Wildman–Crippen LogP) is 4.25. The molecule has 0 radical (unpaired) electrons. The largest absolute Gasteiger partial charge is 0.303 e. The molecule has 0 aliphatic carbocycles. The highest BCUT2D eigenvalue weighted by Gasteiger charge is 2.36. The van der Waals surface area contributed by atoms with Gasteiger partial charge in [-0.25, -0.2) is 9.79 Å². The third-order valence-electron chi connectivity index (χ3n) is 3.76. The summed E-state index contributed by atoms with van der Waals surface area (Å²) in [4.78, 5) is 32.5. The van der Waals surface area contributed by atoms with Crippen molar-refractivity contribution in [2.75, 3.05) is 12.7 Å². The maximum absolute atomic E-state index is 12.1. The second-order valence-electron chi connectivity index (χ2n) is 6.00. The smallest absolute Gasteiger partial charge is 0.279 e. The number of rotatable bonds is 8. The average molecular weight is 401 g/mol. The Hall–Kier alpha value is -1.000. The zero-order chi connectivity index (χ0) is 18.4. The minimum absolute atomic E-state index is 0.0546. The molecule has 0 heterocycles. The van der Waals surface area contributed by atoms with Gasteiger partial charge in [0.1, 0.15) is 6.16 Å². The molecule has 0 aliphatic rings. The minimum atomic E-state index is -3.29. The van der Waals surface area contributed by atoms with Crippen molar-refractivity contribution in [1.82, 2.24) is 5.32 Å². The molecule has 2 aromatic rings. The van der Waals surface area contributed by atoms with Gasteiger partial charge in [-0.3, -0.25) is 4.79 Å². The monoisotopic (exact) mass is 400 g/mol. The molecule has 1 atom stereocenters. The van der Waals surface area contributed by atoms with Crippen LogP contribution in [0.2, 0.25) is 10.0 Å². The Labute approximate surface area is 158 Å². The molecule has 0 fully saturated rings. The van der Waals surface area contributed by atoms with Gasteiger partial charge in [0.05, 0.1) is 16.6 Å². The Morgan fingerprint density at radius 3 is 2.44 bits per heavy atom. The topological polar surface area (TPSA) is 69.6 Å². The first kappa shape index (κ1) is 20.3. The van der Waals surface area contributed by atoms with E-state index in [1.165, 1.54) is 0 Å². The average Bonchev–Trinajstić information content (AvgIpc) is 2.55.